The standard InChI is InChI=1S/C15H21IO4S/c1-4-5-10-20-14(17)15(3,16)11-21(18,19)13-8-6-12(2)7-9-13/h6-9H,4-5,10-11H2,1-3H3. The number of carbonyl (C=O) groups excluding carboxylic acids is 1. The Morgan fingerprint density at radius 3 is 2.38 bits per heavy atom. The van der Waals surface area contributed by atoms with Gasteiger partial charge in [0.1, 0.15) is 3.42 Å². The molecule has 4 nitrogen and oxygen atoms in total. The third-order valence-electron chi connectivity index (χ3n) is 3.00. The largest absolute Gasteiger partial charge is 0.465 e. The molecule has 0 N–H and O–H groups in total. The van der Waals surface area contributed by atoms with Crippen molar-refractivity contribution < 1.29 is 17.9 Å². The van der Waals surface area contributed by atoms with E-state index in [1.54, 1.807) is 31.2 Å². The maximum Gasteiger partial charge on any atom is 0.322 e. The number of alkyl halides is 1. The molecule has 118 valence electrons. The van der Waals surface area contributed by atoms with Crippen LogP contribution in [0.15, 0.2) is 29.2 Å². The minimum atomic E-state index is -3.52. The van der Waals surface area contributed by atoms with Crippen molar-refractivity contribution >= 4 is 38.4 Å². The van der Waals surface area contributed by atoms with Crippen LogP contribution in [-0.4, -0.2) is 30.2 Å². The van der Waals surface area contributed by atoms with Crippen LogP contribution in [0.4, 0.5) is 0 Å². The number of hydrogen-bond donors (Lipinski definition) is 0. The predicted molar refractivity (Wildman–Crippen MR) is 91.5 cm³/mol. The molecule has 0 heterocycles. The monoisotopic (exact) mass is 424 g/mol. The summed E-state index contributed by atoms with van der Waals surface area (Å²) in [7, 11) is -3.52. The maximum absolute atomic E-state index is 12.4. The number of halogens is 1. The van der Waals surface area contributed by atoms with Crippen molar-refractivity contribution in [3.05, 3.63) is 29.8 Å². The van der Waals surface area contributed by atoms with Crippen molar-refractivity contribution in [2.24, 2.45) is 0 Å². The summed E-state index contributed by atoms with van der Waals surface area (Å²) in [6.07, 6.45) is 1.70. The maximum atomic E-state index is 12.4. The summed E-state index contributed by atoms with van der Waals surface area (Å²) in [5.74, 6) is -0.749. The molecular weight excluding hydrogens is 403 g/mol. The second-order valence-electron chi connectivity index (χ2n) is 5.26. The zero-order chi connectivity index (χ0) is 16.1. The molecule has 0 spiro atoms. The molecule has 0 aliphatic rings. The Morgan fingerprint density at radius 2 is 1.86 bits per heavy atom. The molecule has 0 amide bonds. The van der Waals surface area contributed by atoms with E-state index in [0.717, 1.165) is 18.4 Å². The number of ether oxygens (including phenoxy) is 1. The smallest absolute Gasteiger partial charge is 0.322 e. The van der Waals surface area contributed by atoms with Crippen molar-refractivity contribution in [3.8, 4) is 0 Å². The second-order valence-corrected chi connectivity index (χ2v) is 9.63. The van der Waals surface area contributed by atoms with E-state index in [1.807, 2.05) is 36.4 Å². The third-order valence-corrected chi connectivity index (χ3v) is 6.29. The highest BCUT2D eigenvalue weighted by molar-refractivity contribution is 14.1. The Labute approximate surface area is 140 Å². The van der Waals surface area contributed by atoms with Crippen LogP contribution in [0.25, 0.3) is 0 Å². The molecule has 1 unspecified atom stereocenters. The fourth-order valence-electron chi connectivity index (χ4n) is 1.70. The highest BCUT2D eigenvalue weighted by Crippen LogP contribution is 2.26. The van der Waals surface area contributed by atoms with Crippen LogP contribution >= 0.6 is 22.6 Å². The first-order chi connectivity index (χ1) is 9.69. The predicted octanol–water partition coefficient (Wildman–Crippen LogP) is 3.31. The molecule has 0 bridgehead atoms. The van der Waals surface area contributed by atoms with Crippen LogP contribution < -0.4 is 0 Å². The Hall–Kier alpha value is -0.630. The van der Waals surface area contributed by atoms with E-state index in [-0.39, 0.29) is 10.6 Å². The van der Waals surface area contributed by atoms with Crippen LogP contribution in [0, 0.1) is 6.92 Å². The number of hydrogen-bond acceptors (Lipinski definition) is 4. The van der Waals surface area contributed by atoms with Gasteiger partial charge in [-0.05, 0) is 32.4 Å². The summed E-state index contributed by atoms with van der Waals surface area (Å²) in [6.45, 7) is 5.81. The lowest BCUT2D eigenvalue weighted by Gasteiger charge is -2.20. The molecule has 1 atom stereocenters. The molecule has 0 fully saturated rings. The molecule has 6 heteroatoms. The van der Waals surface area contributed by atoms with Crippen LogP contribution in [0.5, 0.6) is 0 Å². The number of benzene rings is 1. The van der Waals surface area contributed by atoms with E-state index in [2.05, 4.69) is 0 Å². The van der Waals surface area contributed by atoms with E-state index in [0.29, 0.717) is 6.61 Å². The summed E-state index contributed by atoms with van der Waals surface area (Å²) in [6, 6.07) is 6.63. The summed E-state index contributed by atoms with van der Waals surface area (Å²) < 4.78 is 28.8. The number of unbranched alkanes of at least 4 members (excludes halogenated alkanes) is 1. The van der Waals surface area contributed by atoms with E-state index >= 15 is 0 Å². The van der Waals surface area contributed by atoms with Gasteiger partial charge in [-0.3, -0.25) is 4.79 Å². The Morgan fingerprint density at radius 1 is 1.29 bits per heavy atom. The third kappa shape index (κ3) is 5.58. The van der Waals surface area contributed by atoms with Gasteiger partial charge in [0, 0.05) is 0 Å². The van der Waals surface area contributed by atoms with Crippen LogP contribution in [-0.2, 0) is 19.4 Å². The minimum Gasteiger partial charge on any atom is -0.465 e. The van der Waals surface area contributed by atoms with Gasteiger partial charge in [0.15, 0.2) is 9.84 Å². The number of aryl methyl sites for hydroxylation is 1. The number of sulfone groups is 1. The van der Waals surface area contributed by atoms with Gasteiger partial charge < -0.3 is 4.74 Å². The molecule has 1 aromatic carbocycles. The van der Waals surface area contributed by atoms with Crippen LogP contribution in [0.3, 0.4) is 0 Å². The lowest BCUT2D eigenvalue weighted by atomic mass is 10.2. The number of rotatable bonds is 7. The average Bonchev–Trinajstić information content (AvgIpc) is 2.38. The first-order valence-corrected chi connectivity index (χ1v) is 9.58. The molecule has 1 rings (SSSR count). The van der Waals surface area contributed by atoms with Crippen LogP contribution in [0.2, 0.25) is 0 Å². The highest BCUT2D eigenvalue weighted by atomic mass is 127. The van der Waals surface area contributed by atoms with Gasteiger partial charge in [-0.15, -0.1) is 0 Å². The SMILES string of the molecule is CCCCOC(=O)C(C)(I)CS(=O)(=O)c1ccc(C)cc1. The van der Waals surface area contributed by atoms with E-state index < -0.39 is 19.2 Å². The normalized spacial score (nSPS) is 14.5. The number of esters is 1. The fourth-order valence-corrected chi connectivity index (χ4v) is 4.64. The molecule has 21 heavy (non-hydrogen) atoms. The first kappa shape index (κ1) is 18.4. The van der Waals surface area contributed by atoms with Gasteiger partial charge in [-0.2, -0.15) is 0 Å². The van der Waals surface area contributed by atoms with Crippen molar-refractivity contribution in [2.45, 2.75) is 41.9 Å². The van der Waals surface area contributed by atoms with E-state index in [4.69, 9.17) is 4.74 Å². The lowest BCUT2D eigenvalue weighted by Crippen LogP contribution is -2.37. The second kappa shape index (κ2) is 7.58. The highest BCUT2D eigenvalue weighted by Gasteiger charge is 2.37. The Kier molecular flexibility index (Phi) is 6.65. The molecular formula is C15H21IO4S. The quantitative estimate of drug-likeness (QED) is 0.292. The molecule has 0 radical (unpaired) electrons. The van der Waals surface area contributed by atoms with Gasteiger partial charge >= 0.3 is 5.97 Å². The van der Waals surface area contributed by atoms with Gasteiger partial charge in [0.25, 0.3) is 0 Å². The van der Waals surface area contributed by atoms with E-state index in [1.165, 1.54) is 0 Å². The van der Waals surface area contributed by atoms with Crippen molar-refractivity contribution in [2.75, 3.05) is 12.4 Å². The zero-order valence-corrected chi connectivity index (χ0v) is 15.5. The Bertz CT molecular complexity index is 576. The van der Waals surface area contributed by atoms with Gasteiger partial charge in [0.05, 0.1) is 17.3 Å². The van der Waals surface area contributed by atoms with Crippen molar-refractivity contribution in [1.29, 1.82) is 0 Å². The molecule has 1 aromatic rings. The molecule has 0 aliphatic carbocycles. The van der Waals surface area contributed by atoms with Gasteiger partial charge in [-0.1, -0.05) is 53.6 Å². The number of carbonyl (C=O) groups is 1. The molecule has 0 aliphatic heterocycles. The fraction of sp³-hybridized carbons (Fsp3) is 0.533. The minimum absolute atomic E-state index is 0.234. The van der Waals surface area contributed by atoms with Crippen molar-refractivity contribution in [3.63, 3.8) is 0 Å². The zero-order valence-electron chi connectivity index (χ0n) is 12.6. The lowest BCUT2D eigenvalue weighted by molar-refractivity contribution is -0.145. The topological polar surface area (TPSA) is 60.4 Å². The average molecular weight is 424 g/mol. The molecule has 0 aromatic heterocycles. The first-order valence-electron chi connectivity index (χ1n) is 6.84. The Balaban J connectivity index is 2.81. The summed E-state index contributed by atoms with van der Waals surface area (Å²) in [5.41, 5.74) is 0.991. The summed E-state index contributed by atoms with van der Waals surface area (Å²) in [4.78, 5) is 12.2. The van der Waals surface area contributed by atoms with Gasteiger partial charge in [-0.25, -0.2) is 8.42 Å². The van der Waals surface area contributed by atoms with Crippen LogP contribution in [0.1, 0.15) is 32.3 Å². The van der Waals surface area contributed by atoms with E-state index in [9.17, 15) is 13.2 Å². The van der Waals surface area contributed by atoms with Crippen molar-refractivity contribution in [1.82, 2.24) is 0 Å². The molecule has 0 saturated carbocycles. The summed E-state index contributed by atoms with van der Waals surface area (Å²) >= 11 is 1.86. The van der Waals surface area contributed by atoms with Gasteiger partial charge in [0.2, 0.25) is 0 Å². The molecule has 0 saturated heterocycles. The summed E-state index contributed by atoms with van der Waals surface area (Å²) in [5, 5.41) is 0.